The molecule has 2 unspecified atom stereocenters. The van der Waals surface area contributed by atoms with E-state index in [0.717, 1.165) is 43.5 Å². The molecule has 2 aliphatic heterocycles. The summed E-state index contributed by atoms with van der Waals surface area (Å²) in [7, 11) is 0. The topological polar surface area (TPSA) is 33.6 Å². The molecule has 0 bridgehead atoms. The van der Waals surface area contributed by atoms with Crippen molar-refractivity contribution in [1.29, 1.82) is 0 Å². The van der Waals surface area contributed by atoms with Crippen molar-refractivity contribution in [2.45, 2.75) is 37.6 Å². The van der Waals surface area contributed by atoms with E-state index < -0.39 is 11.7 Å². The summed E-state index contributed by atoms with van der Waals surface area (Å²) in [5.41, 5.74) is 0.0943. The minimum Gasteiger partial charge on any atom is -0.470 e. The highest BCUT2D eigenvalue weighted by Crippen LogP contribution is 2.31. The molecule has 1 aromatic rings. The molecule has 114 valence electrons. The second-order valence-corrected chi connectivity index (χ2v) is 5.41. The van der Waals surface area contributed by atoms with E-state index >= 15 is 0 Å². The van der Waals surface area contributed by atoms with Gasteiger partial charge in [-0.1, -0.05) is 18.6 Å². The highest BCUT2D eigenvalue weighted by atomic mass is 19.4. The standard InChI is InChI=1S/C15H17F3N2O/c16-15(17,18)11-6-4-10(5-7-11)13-9-20-14(21-13)12-3-1-2-8-19-12/h4-7,12-13,19H,1-3,8-9H2. The van der Waals surface area contributed by atoms with Gasteiger partial charge in [0.25, 0.3) is 0 Å². The molecule has 0 radical (unpaired) electrons. The average molecular weight is 298 g/mol. The van der Waals surface area contributed by atoms with Crippen molar-refractivity contribution in [2.75, 3.05) is 13.1 Å². The van der Waals surface area contributed by atoms with Crippen LogP contribution >= 0.6 is 0 Å². The van der Waals surface area contributed by atoms with Gasteiger partial charge in [-0.15, -0.1) is 0 Å². The molecule has 0 aromatic heterocycles. The summed E-state index contributed by atoms with van der Waals surface area (Å²) in [6.07, 6.45) is -1.27. The van der Waals surface area contributed by atoms with E-state index in [9.17, 15) is 13.2 Å². The fourth-order valence-electron chi connectivity index (χ4n) is 2.71. The average Bonchev–Trinajstić information content (AvgIpc) is 2.97. The van der Waals surface area contributed by atoms with Gasteiger partial charge in [0.15, 0.2) is 0 Å². The Bertz CT molecular complexity index is 519. The Labute approximate surface area is 121 Å². The minimum absolute atomic E-state index is 0.151. The van der Waals surface area contributed by atoms with Crippen LogP contribution in [0.25, 0.3) is 0 Å². The van der Waals surface area contributed by atoms with E-state index in [1.54, 1.807) is 0 Å². The summed E-state index contributed by atoms with van der Waals surface area (Å²) >= 11 is 0. The molecule has 1 fully saturated rings. The number of benzene rings is 1. The van der Waals surface area contributed by atoms with Crippen molar-refractivity contribution in [3.63, 3.8) is 0 Å². The molecule has 3 nitrogen and oxygen atoms in total. The third-order valence-corrected chi connectivity index (χ3v) is 3.89. The van der Waals surface area contributed by atoms with E-state index in [1.807, 2.05) is 0 Å². The molecule has 0 saturated carbocycles. The molecule has 1 aromatic carbocycles. The van der Waals surface area contributed by atoms with Crippen molar-refractivity contribution in [3.8, 4) is 0 Å². The SMILES string of the molecule is FC(F)(F)c1ccc(C2CN=C(C3CCCCN3)O2)cc1. The van der Waals surface area contributed by atoms with Crippen LogP contribution in [0.4, 0.5) is 13.2 Å². The minimum atomic E-state index is -4.30. The van der Waals surface area contributed by atoms with Crippen LogP contribution in [-0.2, 0) is 10.9 Å². The maximum Gasteiger partial charge on any atom is 0.416 e. The number of rotatable bonds is 2. The first-order valence-electron chi connectivity index (χ1n) is 7.15. The van der Waals surface area contributed by atoms with E-state index in [-0.39, 0.29) is 12.1 Å². The number of nitrogens with zero attached hydrogens (tertiary/aromatic N) is 1. The predicted octanol–water partition coefficient (Wildman–Crippen LogP) is 3.32. The fourth-order valence-corrected chi connectivity index (χ4v) is 2.71. The Morgan fingerprint density at radius 2 is 1.90 bits per heavy atom. The molecular formula is C15H17F3N2O. The van der Waals surface area contributed by atoms with Crippen LogP contribution in [-0.4, -0.2) is 25.0 Å². The van der Waals surface area contributed by atoms with Crippen LogP contribution in [0.15, 0.2) is 29.3 Å². The smallest absolute Gasteiger partial charge is 0.416 e. The second kappa shape index (κ2) is 5.67. The lowest BCUT2D eigenvalue weighted by molar-refractivity contribution is -0.137. The third-order valence-electron chi connectivity index (χ3n) is 3.89. The van der Waals surface area contributed by atoms with Gasteiger partial charge in [0.1, 0.15) is 6.10 Å². The van der Waals surface area contributed by atoms with Gasteiger partial charge in [0, 0.05) is 0 Å². The number of hydrogen-bond acceptors (Lipinski definition) is 3. The molecule has 1 saturated heterocycles. The zero-order valence-electron chi connectivity index (χ0n) is 11.5. The molecular weight excluding hydrogens is 281 g/mol. The first-order valence-corrected chi connectivity index (χ1v) is 7.15. The number of ether oxygens (including phenoxy) is 1. The number of aliphatic imine (C=N–C) groups is 1. The quantitative estimate of drug-likeness (QED) is 0.908. The predicted molar refractivity (Wildman–Crippen MR) is 73.2 cm³/mol. The molecule has 2 heterocycles. The van der Waals surface area contributed by atoms with Gasteiger partial charge in [-0.2, -0.15) is 13.2 Å². The van der Waals surface area contributed by atoms with Crippen LogP contribution in [0, 0.1) is 0 Å². The summed E-state index contributed by atoms with van der Waals surface area (Å²) < 4.78 is 43.4. The van der Waals surface area contributed by atoms with Gasteiger partial charge >= 0.3 is 6.18 Å². The largest absolute Gasteiger partial charge is 0.470 e. The van der Waals surface area contributed by atoms with Crippen LogP contribution in [0.1, 0.15) is 36.5 Å². The van der Waals surface area contributed by atoms with Crippen molar-refractivity contribution in [3.05, 3.63) is 35.4 Å². The Kier molecular flexibility index (Phi) is 3.89. The van der Waals surface area contributed by atoms with Gasteiger partial charge in [-0.3, -0.25) is 0 Å². The number of piperidine rings is 1. The molecule has 3 rings (SSSR count). The van der Waals surface area contributed by atoms with Gasteiger partial charge in [-0.25, -0.2) is 4.99 Å². The summed E-state index contributed by atoms with van der Waals surface area (Å²) in [5.74, 6) is 0.694. The third kappa shape index (κ3) is 3.20. The van der Waals surface area contributed by atoms with Crippen molar-refractivity contribution >= 4 is 5.90 Å². The zero-order chi connectivity index (χ0) is 14.9. The van der Waals surface area contributed by atoms with Crippen molar-refractivity contribution in [1.82, 2.24) is 5.32 Å². The summed E-state index contributed by atoms with van der Waals surface area (Å²) in [4.78, 5) is 4.40. The van der Waals surface area contributed by atoms with Crippen LogP contribution in [0.2, 0.25) is 0 Å². The number of halogens is 3. The number of alkyl halides is 3. The van der Waals surface area contributed by atoms with Crippen LogP contribution in [0.3, 0.4) is 0 Å². The molecule has 2 atom stereocenters. The lowest BCUT2D eigenvalue weighted by Crippen LogP contribution is -2.40. The van der Waals surface area contributed by atoms with E-state index in [0.29, 0.717) is 12.4 Å². The lowest BCUT2D eigenvalue weighted by atomic mass is 10.1. The van der Waals surface area contributed by atoms with E-state index in [1.165, 1.54) is 12.1 Å². The molecule has 1 N–H and O–H groups in total. The van der Waals surface area contributed by atoms with Gasteiger partial charge in [0.05, 0.1) is 18.2 Å². The normalized spacial score (nSPS) is 26.3. The maximum atomic E-state index is 12.5. The molecule has 0 spiro atoms. The first-order chi connectivity index (χ1) is 10.0. The summed E-state index contributed by atoms with van der Waals surface area (Å²) in [5, 5.41) is 3.36. The Morgan fingerprint density at radius 3 is 2.52 bits per heavy atom. The number of hydrogen-bond donors (Lipinski definition) is 1. The van der Waals surface area contributed by atoms with Crippen molar-refractivity contribution < 1.29 is 17.9 Å². The summed E-state index contributed by atoms with van der Waals surface area (Å²) in [6, 6.07) is 5.28. The molecule has 2 aliphatic rings. The van der Waals surface area contributed by atoms with Crippen LogP contribution < -0.4 is 5.32 Å². The van der Waals surface area contributed by atoms with Crippen molar-refractivity contribution in [2.24, 2.45) is 4.99 Å². The lowest BCUT2D eigenvalue weighted by Gasteiger charge is -2.23. The van der Waals surface area contributed by atoms with Crippen LogP contribution in [0.5, 0.6) is 0 Å². The zero-order valence-corrected chi connectivity index (χ0v) is 11.5. The molecule has 0 aliphatic carbocycles. The maximum absolute atomic E-state index is 12.5. The molecule has 21 heavy (non-hydrogen) atoms. The first kappa shape index (κ1) is 14.4. The molecule has 0 amide bonds. The highest BCUT2D eigenvalue weighted by molar-refractivity contribution is 5.83. The Balaban J connectivity index is 1.64. The second-order valence-electron chi connectivity index (χ2n) is 5.41. The van der Waals surface area contributed by atoms with Gasteiger partial charge in [0.2, 0.25) is 5.90 Å². The Hall–Kier alpha value is -1.56. The highest BCUT2D eigenvalue weighted by Gasteiger charge is 2.32. The Morgan fingerprint density at radius 1 is 1.14 bits per heavy atom. The van der Waals surface area contributed by atoms with Gasteiger partial charge < -0.3 is 10.1 Å². The monoisotopic (exact) mass is 298 g/mol. The summed E-state index contributed by atoms with van der Waals surface area (Å²) in [6.45, 7) is 1.43. The van der Waals surface area contributed by atoms with E-state index in [4.69, 9.17) is 4.74 Å². The fraction of sp³-hybridized carbons (Fsp3) is 0.533. The molecule has 6 heteroatoms. The number of nitrogens with one attached hydrogen (secondary N) is 1. The van der Waals surface area contributed by atoms with Gasteiger partial charge in [-0.05, 0) is 37.1 Å². The van der Waals surface area contributed by atoms with E-state index in [2.05, 4.69) is 10.3 Å².